The van der Waals surface area contributed by atoms with E-state index in [9.17, 15) is 9.59 Å². The topological polar surface area (TPSA) is 74.3 Å². The van der Waals surface area contributed by atoms with Gasteiger partial charge < -0.3 is 10.6 Å². The fraction of sp³-hybridized carbons (Fsp3) is 0.526. The summed E-state index contributed by atoms with van der Waals surface area (Å²) in [4.78, 5) is 30.7. The van der Waals surface area contributed by atoms with Crippen molar-refractivity contribution in [2.45, 2.75) is 38.6 Å². The van der Waals surface area contributed by atoms with Gasteiger partial charge >= 0.3 is 0 Å². The number of likely N-dealkylation sites (tertiary alicyclic amines) is 1. The molecule has 2 heterocycles. The van der Waals surface area contributed by atoms with E-state index in [1.165, 1.54) is 4.70 Å². The van der Waals surface area contributed by atoms with Gasteiger partial charge in [-0.05, 0) is 45.4 Å². The summed E-state index contributed by atoms with van der Waals surface area (Å²) in [5.74, 6) is 0.117. The van der Waals surface area contributed by atoms with Crippen LogP contribution in [-0.4, -0.2) is 53.9 Å². The first kappa shape index (κ1) is 18.8. The second-order valence-electron chi connectivity index (χ2n) is 7.09. The number of nitrogens with zero attached hydrogens (tertiary/aromatic N) is 2. The minimum atomic E-state index is -0.153. The van der Waals surface area contributed by atoms with Crippen LogP contribution < -0.4 is 10.6 Å². The van der Waals surface area contributed by atoms with Crippen LogP contribution in [0.3, 0.4) is 0 Å². The maximum absolute atomic E-state index is 12.1. The Bertz CT molecular complexity index is 741. The first-order valence-corrected chi connectivity index (χ1v) is 9.97. The Kier molecular flexibility index (Phi) is 6.21. The Morgan fingerprint density at radius 2 is 2.12 bits per heavy atom. The first-order valence-electron chi connectivity index (χ1n) is 9.15. The number of rotatable bonds is 6. The predicted octanol–water partition coefficient (Wildman–Crippen LogP) is 2.12. The van der Waals surface area contributed by atoms with Gasteiger partial charge in [-0.15, -0.1) is 11.3 Å². The normalized spacial score (nSPS) is 18.2. The molecule has 1 aromatic heterocycles. The van der Waals surface area contributed by atoms with Gasteiger partial charge in [-0.3, -0.25) is 14.5 Å². The van der Waals surface area contributed by atoms with Crippen LogP contribution in [0.5, 0.6) is 0 Å². The van der Waals surface area contributed by atoms with Crippen molar-refractivity contribution in [2.75, 3.05) is 26.2 Å². The van der Waals surface area contributed by atoms with E-state index in [0.29, 0.717) is 12.5 Å². The molecule has 2 aromatic rings. The van der Waals surface area contributed by atoms with Gasteiger partial charge in [0.1, 0.15) is 0 Å². The number of aromatic nitrogens is 1. The van der Waals surface area contributed by atoms with Crippen molar-refractivity contribution in [3.05, 3.63) is 29.3 Å². The molecule has 0 spiro atoms. The average Bonchev–Trinajstić information content (AvgIpc) is 3.04. The van der Waals surface area contributed by atoms with Crippen LogP contribution in [0.2, 0.25) is 0 Å². The van der Waals surface area contributed by atoms with Crippen LogP contribution in [-0.2, 0) is 9.59 Å². The molecule has 140 valence electrons. The molecule has 1 aliphatic rings. The van der Waals surface area contributed by atoms with Crippen molar-refractivity contribution in [2.24, 2.45) is 0 Å². The van der Waals surface area contributed by atoms with E-state index in [1.807, 2.05) is 32.0 Å². The number of amides is 2. The summed E-state index contributed by atoms with van der Waals surface area (Å²) < 4.78 is 1.22. The lowest BCUT2D eigenvalue weighted by molar-refractivity contribution is -0.127. The Morgan fingerprint density at radius 1 is 1.31 bits per heavy atom. The quantitative estimate of drug-likeness (QED) is 0.812. The molecule has 0 radical (unpaired) electrons. The van der Waals surface area contributed by atoms with E-state index in [4.69, 9.17) is 4.98 Å². The highest BCUT2D eigenvalue weighted by Crippen LogP contribution is 2.32. The number of para-hydroxylation sites is 1. The lowest BCUT2D eigenvalue weighted by Gasteiger charge is -2.31. The highest BCUT2D eigenvalue weighted by Gasteiger charge is 2.25. The average molecular weight is 375 g/mol. The van der Waals surface area contributed by atoms with Gasteiger partial charge in [-0.1, -0.05) is 12.1 Å². The Hall–Kier alpha value is -1.99. The Labute approximate surface area is 158 Å². The summed E-state index contributed by atoms with van der Waals surface area (Å²) >= 11 is 1.75. The number of piperidine rings is 1. The smallest absolute Gasteiger partial charge is 0.239 e. The number of carbonyl (C=O) groups is 2. The number of benzene rings is 1. The van der Waals surface area contributed by atoms with Gasteiger partial charge in [0.25, 0.3) is 0 Å². The zero-order valence-electron chi connectivity index (χ0n) is 15.3. The standard InChI is InChI=1S/C19H26N4O2S/c1-13(2)21-17(24)10-20-18(25)12-23-9-5-6-14(11-23)19-22-15-7-3-4-8-16(15)26-19/h3-4,7-8,13-14H,5-6,9-12H2,1-2H3,(H,20,25)(H,21,24)/t14-/m0/s1. The minimum absolute atomic E-state index is 0.0339. The number of fused-ring (bicyclic) bond motifs is 1. The molecule has 7 heteroatoms. The summed E-state index contributed by atoms with van der Waals surface area (Å²) in [7, 11) is 0. The molecule has 26 heavy (non-hydrogen) atoms. The largest absolute Gasteiger partial charge is 0.352 e. The van der Waals surface area contributed by atoms with Crippen LogP contribution in [0, 0.1) is 0 Å². The lowest BCUT2D eigenvalue weighted by Crippen LogP contribution is -2.45. The van der Waals surface area contributed by atoms with Crippen molar-refractivity contribution in [3.63, 3.8) is 0 Å². The number of nitrogens with one attached hydrogen (secondary N) is 2. The van der Waals surface area contributed by atoms with Crippen molar-refractivity contribution in [3.8, 4) is 0 Å². The predicted molar refractivity (Wildman–Crippen MR) is 104 cm³/mol. The molecule has 3 rings (SSSR count). The van der Waals surface area contributed by atoms with Crippen LogP contribution in [0.25, 0.3) is 10.2 Å². The molecule has 1 saturated heterocycles. The summed E-state index contributed by atoms with van der Waals surface area (Å²) in [6, 6.07) is 8.28. The Balaban J connectivity index is 1.51. The molecule has 1 atom stereocenters. The molecule has 2 N–H and O–H groups in total. The molecule has 0 bridgehead atoms. The summed E-state index contributed by atoms with van der Waals surface area (Å²) in [6.07, 6.45) is 2.16. The fourth-order valence-electron chi connectivity index (χ4n) is 3.28. The van der Waals surface area contributed by atoms with E-state index < -0.39 is 0 Å². The van der Waals surface area contributed by atoms with E-state index >= 15 is 0 Å². The van der Waals surface area contributed by atoms with Gasteiger partial charge in [-0.2, -0.15) is 0 Å². The summed E-state index contributed by atoms with van der Waals surface area (Å²) in [5, 5.41) is 6.63. The second-order valence-corrected chi connectivity index (χ2v) is 8.16. The molecule has 2 amide bonds. The second kappa shape index (κ2) is 8.60. The maximum Gasteiger partial charge on any atom is 0.239 e. The number of hydrogen-bond donors (Lipinski definition) is 2. The first-order chi connectivity index (χ1) is 12.5. The van der Waals surface area contributed by atoms with Crippen LogP contribution in [0.4, 0.5) is 0 Å². The zero-order valence-corrected chi connectivity index (χ0v) is 16.1. The molecular formula is C19H26N4O2S. The molecule has 6 nitrogen and oxygen atoms in total. The zero-order chi connectivity index (χ0) is 18.5. The number of carbonyl (C=O) groups excluding carboxylic acids is 2. The van der Waals surface area contributed by atoms with Crippen molar-refractivity contribution >= 4 is 33.4 Å². The van der Waals surface area contributed by atoms with Crippen LogP contribution in [0.1, 0.15) is 37.6 Å². The van der Waals surface area contributed by atoms with E-state index in [2.05, 4.69) is 21.6 Å². The highest BCUT2D eigenvalue weighted by molar-refractivity contribution is 7.18. The van der Waals surface area contributed by atoms with Crippen LogP contribution >= 0.6 is 11.3 Å². The van der Waals surface area contributed by atoms with Gasteiger partial charge in [0.05, 0.1) is 28.3 Å². The van der Waals surface area contributed by atoms with Crippen molar-refractivity contribution < 1.29 is 9.59 Å². The molecule has 1 aromatic carbocycles. The molecule has 1 fully saturated rings. The third-order valence-electron chi connectivity index (χ3n) is 4.43. The lowest BCUT2D eigenvalue weighted by atomic mass is 9.99. The number of hydrogen-bond acceptors (Lipinski definition) is 5. The SMILES string of the molecule is CC(C)NC(=O)CNC(=O)CN1CCC[C@H](c2nc3ccccc3s2)C1. The number of thiazole rings is 1. The van der Waals surface area contributed by atoms with E-state index in [1.54, 1.807) is 11.3 Å². The highest BCUT2D eigenvalue weighted by atomic mass is 32.1. The molecular weight excluding hydrogens is 348 g/mol. The van der Waals surface area contributed by atoms with Crippen LogP contribution in [0.15, 0.2) is 24.3 Å². The summed E-state index contributed by atoms with van der Waals surface area (Å²) in [5.41, 5.74) is 1.05. The molecule has 1 aliphatic heterocycles. The summed E-state index contributed by atoms with van der Waals surface area (Å²) in [6.45, 7) is 5.91. The third kappa shape index (κ3) is 5.02. The molecule has 0 aliphatic carbocycles. The van der Waals surface area contributed by atoms with Crippen molar-refractivity contribution in [1.82, 2.24) is 20.5 Å². The van der Waals surface area contributed by atoms with Gasteiger partial charge in [0.15, 0.2) is 0 Å². The Morgan fingerprint density at radius 3 is 2.88 bits per heavy atom. The monoisotopic (exact) mass is 374 g/mol. The molecule has 0 saturated carbocycles. The minimum Gasteiger partial charge on any atom is -0.352 e. The van der Waals surface area contributed by atoms with Gasteiger partial charge in [0, 0.05) is 18.5 Å². The van der Waals surface area contributed by atoms with Gasteiger partial charge in [0.2, 0.25) is 11.8 Å². The van der Waals surface area contributed by atoms with Crippen molar-refractivity contribution in [1.29, 1.82) is 0 Å². The fourth-order valence-corrected chi connectivity index (χ4v) is 4.37. The van der Waals surface area contributed by atoms with E-state index in [-0.39, 0.29) is 24.4 Å². The van der Waals surface area contributed by atoms with Gasteiger partial charge in [-0.25, -0.2) is 4.98 Å². The third-order valence-corrected chi connectivity index (χ3v) is 5.63. The maximum atomic E-state index is 12.1. The molecule has 0 unspecified atom stereocenters. The van der Waals surface area contributed by atoms with E-state index in [0.717, 1.165) is 36.5 Å².